The summed E-state index contributed by atoms with van der Waals surface area (Å²) in [7, 11) is 0. The van der Waals surface area contributed by atoms with Crippen LogP contribution in [0.1, 0.15) is 32.2 Å². The normalized spacial score (nSPS) is 10.8. The van der Waals surface area contributed by atoms with Gasteiger partial charge in [0.05, 0.1) is 16.4 Å². The lowest BCUT2D eigenvalue weighted by Crippen LogP contribution is -2.44. The maximum atomic E-state index is 12.0. The lowest BCUT2D eigenvalue weighted by atomic mass is 10.3. The number of nitrogens with one attached hydrogen (secondary N) is 1. The summed E-state index contributed by atoms with van der Waals surface area (Å²) < 4.78 is 0. The first-order chi connectivity index (χ1) is 11.1. The molecule has 2 aromatic rings. The minimum atomic E-state index is 0.0100. The van der Waals surface area contributed by atoms with Gasteiger partial charge in [-0.2, -0.15) is 0 Å². The van der Waals surface area contributed by atoms with E-state index in [1.165, 1.54) is 0 Å². The molecular formula is C17H24N4OS. The van der Waals surface area contributed by atoms with Crippen LogP contribution in [0.15, 0.2) is 29.8 Å². The highest BCUT2D eigenvalue weighted by molar-refractivity contribution is 7.09. The fraction of sp³-hybridized carbons (Fsp3) is 0.471. The smallest absolute Gasteiger partial charge is 0.317 e. The van der Waals surface area contributed by atoms with E-state index in [0.29, 0.717) is 6.54 Å². The van der Waals surface area contributed by atoms with Crippen molar-refractivity contribution in [3.63, 3.8) is 0 Å². The predicted octanol–water partition coefficient (Wildman–Crippen LogP) is 3.58. The van der Waals surface area contributed by atoms with Crippen LogP contribution in [0.4, 0.5) is 4.79 Å². The van der Waals surface area contributed by atoms with E-state index in [0.717, 1.165) is 35.8 Å². The number of pyridine rings is 1. The molecule has 0 saturated carbocycles. The van der Waals surface area contributed by atoms with Crippen LogP contribution >= 0.6 is 11.3 Å². The fourth-order valence-corrected chi connectivity index (χ4v) is 3.17. The molecule has 2 aromatic heterocycles. The van der Waals surface area contributed by atoms with Crippen molar-refractivity contribution in [1.82, 2.24) is 20.2 Å². The van der Waals surface area contributed by atoms with Gasteiger partial charge in [0.1, 0.15) is 0 Å². The summed E-state index contributed by atoms with van der Waals surface area (Å²) in [4.78, 5) is 22.8. The molecular weight excluding hydrogens is 308 g/mol. The molecule has 1 N–H and O–H groups in total. The summed E-state index contributed by atoms with van der Waals surface area (Å²) in [5, 5.41) is 6.09. The summed E-state index contributed by atoms with van der Waals surface area (Å²) in [6, 6.07) is 6.06. The Kier molecular flexibility index (Phi) is 6.52. The second-order valence-corrected chi connectivity index (χ2v) is 6.50. The molecule has 23 heavy (non-hydrogen) atoms. The third kappa shape index (κ3) is 5.03. The van der Waals surface area contributed by atoms with Gasteiger partial charge >= 0.3 is 6.03 Å². The molecule has 2 amide bonds. The third-order valence-corrected chi connectivity index (χ3v) is 4.46. The Hall–Kier alpha value is -1.95. The van der Waals surface area contributed by atoms with Crippen molar-refractivity contribution in [2.24, 2.45) is 0 Å². The molecule has 0 saturated heterocycles. The molecule has 0 unspecified atom stereocenters. The molecule has 5 nitrogen and oxygen atoms in total. The molecule has 6 heteroatoms. The van der Waals surface area contributed by atoms with Gasteiger partial charge in [0.2, 0.25) is 0 Å². The molecule has 0 aliphatic rings. The van der Waals surface area contributed by atoms with Gasteiger partial charge in [-0.15, -0.1) is 11.3 Å². The van der Waals surface area contributed by atoms with Gasteiger partial charge in [-0.25, -0.2) is 9.78 Å². The first-order valence-corrected chi connectivity index (χ1v) is 8.90. The van der Waals surface area contributed by atoms with E-state index in [1.54, 1.807) is 17.5 Å². The van der Waals surface area contributed by atoms with Gasteiger partial charge in [0.15, 0.2) is 0 Å². The number of aromatic nitrogens is 2. The Morgan fingerprint density at radius 1 is 1.35 bits per heavy atom. The summed E-state index contributed by atoms with van der Waals surface area (Å²) in [5.41, 5.74) is 1.82. The van der Waals surface area contributed by atoms with Crippen molar-refractivity contribution in [2.75, 3.05) is 13.1 Å². The van der Waals surface area contributed by atoms with E-state index >= 15 is 0 Å². The maximum absolute atomic E-state index is 12.0. The Morgan fingerprint density at radius 2 is 2.17 bits per heavy atom. The molecule has 0 aliphatic carbocycles. The minimum absolute atomic E-state index is 0.0100. The first kappa shape index (κ1) is 17.4. The molecule has 0 radical (unpaired) electrons. The lowest BCUT2D eigenvalue weighted by Gasteiger charge is -2.25. The Bertz CT molecular complexity index is 612. The van der Waals surface area contributed by atoms with Crippen molar-refractivity contribution in [1.29, 1.82) is 0 Å². The molecule has 0 atom stereocenters. The van der Waals surface area contributed by atoms with Crippen molar-refractivity contribution in [3.05, 3.63) is 34.8 Å². The van der Waals surface area contributed by atoms with E-state index in [-0.39, 0.29) is 12.1 Å². The second kappa shape index (κ2) is 8.62. The number of nitrogens with zero attached hydrogens (tertiary/aromatic N) is 3. The number of aryl methyl sites for hydroxylation is 1. The minimum Gasteiger partial charge on any atom is -0.338 e. The Morgan fingerprint density at radius 3 is 2.83 bits per heavy atom. The number of carbonyl (C=O) groups is 1. The van der Waals surface area contributed by atoms with Crippen LogP contribution in [-0.2, 0) is 6.42 Å². The number of amides is 2. The first-order valence-electron chi connectivity index (χ1n) is 8.02. The molecule has 0 aromatic carbocycles. The van der Waals surface area contributed by atoms with Crippen LogP contribution < -0.4 is 5.32 Å². The van der Waals surface area contributed by atoms with E-state index in [1.807, 2.05) is 49.3 Å². The summed E-state index contributed by atoms with van der Waals surface area (Å²) in [6.07, 6.45) is 3.53. The van der Waals surface area contributed by atoms with Gasteiger partial charge in [-0.3, -0.25) is 4.98 Å². The van der Waals surface area contributed by atoms with Crippen LogP contribution in [0, 0.1) is 0 Å². The SMILES string of the molecule is CCN(C(=O)NCCCc1nc(-c2ccccn2)cs1)C(C)C. The zero-order valence-corrected chi connectivity index (χ0v) is 14.8. The molecule has 2 heterocycles. The average molecular weight is 332 g/mol. The monoisotopic (exact) mass is 332 g/mol. The summed E-state index contributed by atoms with van der Waals surface area (Å²) in [6.45, 7) is 7.44. The zero-order chi connectivity index (χ0) is 16.7. The topological polar surface area (TPSA) is 58.1 Å². The predicted molar refractivity (Wildman–Crippen MR) is 94.6 cm³/mol. The average Bonchev–Trinajstić information content (AvgIpc) is 3.01. The van der Waals surface area contributed by atoms with E-state index < -0.39 is 0 Å². The van der Waals surface area contributed by atoms with Gasteiger partial charge in [-0.05, 0) is 39.3 Å². The summed E-state index contributed by atoms with van der Waals surface area (Å²) in [5.74, 6) is 0. The van der Waals surface area contributed by atoms with E-state index in [9.17, 15) is 4.79 Å². The number of urea groups is 1. The van der Waals surface area contributed by atoms with Gasteiger partial charge < -0.3 is 10.2 Å². The van der Waals surface area contributed by atoms with E-state index in [4.69, 9.17) is 0 Å². The second-order valence-electron chi connectivity index (χ2n) is 5.56. The van der Waals surface area contributed by atoms with E-state index in [2.05, 4.69) is 15.3 Å². The van der Waals surface area contributed by atoms with Crippen LogP contribution in [0.25, 0.3) is 11.4 Å². The number of thiazole rings is 1. The number of rotatable bonds is 7. The van der Waals surface area contributed by atoms with Crippen LogP contribution in [0.3, 0.4) is 0 Å². The molecule has 2 rings (SSSR count). The highest BCUT2D eigenvalue weighted by atomic mass is 32.1. The molecule has 0 fully saturated rings. The van der Waals surface area contributed by atoms with Gasteiger partial charge in [0, 0.05) is 37.1 Å². The Labute approximate surface area is 141 Å². The van der Waals surface area contributed by atoms with Crippen LogP contribution in [0.5, 0.6) is 0 Å². The number of hydrogen-bond acceptors (Lipinski definition) is 4. The van der Waals surface area contributed by atoms with Crippen LogP contribution in [-0.4, -0.2) is 40.0 Å². The molecule has 124 valence electrons. The van der Waals surface area contributed by atoms with Gasteiger partial charge in [-0.1, -0.05) is 6.07 Å². The highest BCUT2D eigenvalue weighted by Gasteiger charge is 2.13. The van der Waals surface area contributed by atoms with Crippen LogP contribution in [0.2, 0.25) is 0 Å². The molecule has 0 spiro atoms. The van der Waals surface area contributed by atoms with Gasteiger partial charge in [0.25, 0.3) is 0 Å². The quantitative estimate of drug-likeness (QED) is 0.789. The molecule has 0 bridgehead atoms. The van der Waals surface area contributed by atoms with Crippen molar-refractivity contribution >= 4 is 17.4 Å². The third-order valence-electron chi connectivity index (χ3n) is 3.55. The highest BCUT2D eigenvalue weighted by Crippen LogP contribution is 2.20. The summed E-state index contributed by atoms with van der Waals surface area (Å²) >= 11 is 1.64. The molecule has 0 aliphatic heterocycles. The van der Waals surface area contributed by atoms with Crippen molar-refractivity contribution < 1.29 is 4.79 Å². The van der Waals surface area contributed by atoms with Crippen molar-refractivity contribution in [3.8, 4) is 11.4 Å². The zero-order valence-electron chi connectivity index (χ0n) is 14.0. The number of carbonyl (C=O) groups excluding carboxylic acids is 1. The van der Waals surface area contributed by atoms with Crippen molar-refractivity contribution in [2.45, 2.75) is 39.7 Å². The largest absolute Gasteiger partial charge is 0.338 e. The lowest BCUT2D eigenvalue weighted by molar-refractivity contribution is 0.187. The standard InChI is InChI=1S/C17H24N4OS/c1-4-21(13(2)3)17(22)19-11-7-9-16-20-15(12-23-16)14-8-5-6-10-18-14/h5-6,8,10,12-13H,4,7,9,11H2,1-3H3,(H,19,22). The maximum Gasteiger partial charge on any atom is 0.317 e. The Balaban J connectivity index is 1.77. The number of hydrogen-bond donors (Lipinski definition) is 1. The fourth-order valence-electron chi connectivity index (χ4n) is 2.34.